The van der Waals surface area contributed by atoms with E-state index in [-0.39, 0.29) is 0 Å². The fraction of sp³-hybridized carbons (Fsp3) is 0. The van der Waals surface area contributed by atoms with Gasteiger partial charge in [0.1, 0.15) is 11.2 Å². The second kappa shape index (κ2) is 12.7. The minimum absolute atomic E-state index is 0.879. The van der Waals surface area contributed by atoms with Crippen LogP contribution in [-0.4, -0.2) is 0 Å². The molecular weight excluding hydrogens is 711 g/mol. The van der Waals surface area contributed by atoms with Gasteiger partial charge in [0, 0.05) is 37.6 Å². The zero-order chi connectivity index (χ0) is 37.5. The van der Waals surface area contributed by atoms with Crippen LogP contribution in [0.25, 0.3) is 96.7 Å². The number of nitrogens with zero attached hydrogens (tertiary/aromatic N) is 1. The second-order valence-corrected chi connectivity index (χ2v) is 15.8. The van der Waals surface area contributed by atoms with Crippen LogP contribution in [0, 0.1) is 0 Å². The van der Waals surface area contributed by atoms with Crippen LogP contribution in [0.3, 0.4) is 0 Å². The molecule has 0 amide bonds. The Hall–Kier alpha value is -7.20. The third-order valence-electron chi connectivity index (χ3n) is 11.6. The highest BCUT2D eigenvalue weighted by molar-refractivity contribution is 7.27. The summed E-state index contributed by atoms with van der Waals surface area (Å²) in [5, 5.41) is 12.2. The van der Waals surface area contributed by atoms with Crippen molar-refractivity contribution >= 4 is 103 Å². The molecule has 0 unspecified atom stereocenters. The van der Waals surface area contributed by atoms with E-state index in [4.69, 9.17) is 4.42 Å². The molecule has 12 rings (SSSR count). The molecule has 0 aliphatic heterocycles. The van der Waals surface area contributed by atoms with Gasteiger partial charge in [0.15, 0.2) is 0 Å². The molecule has 2 heterocycles. The van der Waals surface area contributed by atoms with Gasteiger partial charge in [-0.15, -0.1) is 11.3 Å². The molecule has 0 atom stereocenters. The highest BCUT2D eigenvalue weighted by atomic mass is 32.1. The van der Waals surface area contributed by atoms with Crippen molar-refractivity contribution in [3.63, 3.8) is 0 Å². The van der Waals surface area contributed by atoms with E-state index in [2.05, 4.69) is 205 Å². The Morgan fingerprint density at radius 2 is 0.842 bits per heavy atom. The summed E-state index contributed by atoms with van der Waals surface area (Å²) in [6.45, 7) is 0. The molecule has 10 aromatic carbocycles. The number of rotatable bonds is 5. The summed E-state index contributed by atoms with van der Waals surface area (Å²) < 4.78 is 9.23. The van der Waals surface area contributed by atoms with Gasteiger partial charge in [-0.2, -0.15) is 0 Å². The molecule has 0 saturated heterocycles. The molecule has 57 heavy (non-hydrogen) atoms. The third-order valence-corrected chi connectivity index (χ3v) is 12.9. The molecule has 0 bridgehead atoms. The number of thiophene rings is 1. The smallest absolute Gasteiger partial charge is 0.136 e. The van der Waals surface area contributed by atoms with E-state index in [1.54, 1.807) is 0 Å². The lowest BCUT2D eigenvalue weighted by atomic mass is 9.93. The van der Waals surface area contributed by atoms with Crippen LogP contribution in [0.4, 0.5) is 17.1 Å². The van der Waals surface area contributed by atoms with Gasteiger partial charge in [0.25, 0.3) is 0 Å². The van der Waals surface area contributed by atoms with E-state index >= 15 is 0 Å². The first-order valence-electron chi connectivity index (χ1n) is 19.4. The lowest BCUT2D eigenvalue weighted by Gasteiger charge is -2.26. The van der Waals surface area contributed by atoms with Crippen molar-refractivity contribution in [2.45, 2.75) is 0 Å². The van der Waals surface area contributed by atoms with E-state index in [1.165, 1.54) is 74.7 Å². The van der Waals surface area contributed by atoms with Crippen LogP contribution in [0.2, 0.25) is 0 Å². The van der Waals surface area contributed by atoms with Gasteiger partial charge in [-0.1, -0.05) is 152 Å². The maximum Gasteiger partial charge on any atom is 0.136 e. The van der Waals surface area contributed by atoms with Crippen LogP contribution in [-0.2, 0) is 0 Å². The number of hydrogen-bond acceptors (Lipinski definition) is 3. The fourth-order valence-corrected chi connectivity index (χ4v) is 10.3. The van der Waals surface area contributed by atoms with E-state index in [0.717, 1.165) is 39.0 Å². The maximum atomic E-state index is 6.68. The van der Waals surface area contributed by atoms with Gasteiger partial charge < -0.3 is 9.32 Å². The summed E-state index contributed by atoms with van der Waals surface area (Å²) in [5.74, 6) is 0. The van der Waals surface area contributed by atoms with Crippen LogP contribution in [0.5, 0.6) is 0 Å². The molecule has 2 aromatic heterocycles. The fourth-order valence-electron chi connectivity index (χ4n) is 8.99. The van der Waals surface area contributed by atoms with Crippen LogP contribution >= 0.6 is 11.3 Å². The number of fused-ring (bicyclic) bond motifs is 12. The van der Waals surface area contributed by atoms with Crippen molar-refractivity contribution in [3.05, 3.63) is 200 Å². The monoisotopic (exact) mass is 743 g/mol. The summed E-state index contributed by atoms with van der Waals surface area (Å²) in [7, 11) is 0. The molecule has 0 aliphatic carbocycles. The molecule has 12 aromatic rings. The van der Waals surface area contributed by atoms with Crippen molar-refractivity contribution < 1.29 is 4.42 Å². The Bertz CT molecular complexity index is 3510. The topological polar surface area (TPSA) is 16.4 Å². The maximum absolute atomic E-state index is 6.68. The first kappa shape index (κ1) is 32.1. The zero-order valence-electron chi connectivity index (χ0n) is 30.8. The average molecular weight is 744 g/mol. The van der Waals surface area contributed by atoms with Gasteiger partial charge in [-0.25, -0.2) is 0 Å². The first-order chi connectivity index (χ1) is 28.3. The quantitative estimate of drug-likeness (QED) is 0.163. The number of hydrogen-bond donors (Lipinski definition) is 0. The lowest BCUT2D eigenvalue weighted by Crippen LogP contribution is -2.10. The number of furan rings is 1. The molecule has 0 spiro atoms. The Labute approximate surface area is 333 Å². The normalized spacial score (nSPS) is 11.9. The van der Waals surface area contributed by atoms with E-state index < -0.39 is 0 Å². The Morgan fingerprint density at radius 1 is 0.316 bits per heavy atom. The Kier molecular flexibility index (Phi) is 7.13. The molecular formula is C54H33NOS. The Balaban J connectivity index is 1.10. The number of benzene rings is 10. The average Bonchev–Trinajstić information content (AvgIpc) is 3.85. The van der Waals surface area contributed by atoms with Crippen molar-refractivity contribution in [2.24, 2.45) is 0 Å². The molecule has 0 radical (unpaired) electrons. The Morgan fingerprint density at radius 3 is 1.54 bits per heavy atom. The third kappa shape index (κ3) is 5.03. The summed E-state index contributed by atoms with van der Waals surface area (Å²) in [6.07, 6.45) is 0. The highest BCUT2D eigenvalue weighted by Crippen LogP contribution is 2.48. The SMILES string of the molecule is c1ccc(-c2ccc(N(c3ccc4oc5cc6c7ccccc7c7ccccc7c6cc5c4c3)c3cccc4c3sc3c(-c5ccccc5)cccc34)cc2)cc1. The minimum atomic E-state index is 0.879. The minimum Gasteiger partial charge on any atom is -0.456 e. The van der Waals surface area contributed by atoms with E-state index in [1.807, 2.05) is 11.3 Å². The predicted molar refractivity (Wildman–Crippen MR) is 245 cm³/mol. The number of anilines is 3. The lowest BCUT2D eigenvalue weighted by molar-refractivity contribution is 0.669. The summed E-state index contributed by atoms with van der Waals surface area (Å²) in [6, 6.07) is 72.6. The van der Waals surface area contributed by atoms with Crippen molar-refractivity contribution in [2.75, 3.05) is 4.90 Å². The van der Waals surface area contributed by atoms with Crippen LogP contribution in [0.1, 0.15) is 0 Å². The second-order valence-electron chi connectivity index (χ2n) is 14.8. The van der Waals surface area contributed by atoms with Crippen LogP contribution < -0.4 is 4.90 Å². The molecule has 266 valence electrons. The molecule has 0 fully saturated rings. The van der Waals surface area contributed by atoms with Gasteiger partial charge in [-0.05, 0) is 103 Å². The summed E-state index contributed by atoms with van der Waals surface area (Å²) >= 11 is 1.88. The zero-order valence-corrected chi connectivity index (χ0v) is 31.6. The highest BCUT2D eigenvalue weighted by Gasteiger charge is 2.21. The first-order valence-corrected chi connectivity index (χ1v) is 20.2. The van der Waals surface area contributed by atoms with Crippen molar-refractivity contribution in [1.82, 2.24) is 0 Å². The molecule has 0 saturated carbocycles. The van der Waals surface area contributed by atoms with Gasteiger partial charge >= 0.3 is 0 Å². The van der Waals surface area contributed by atoms with Gasteiger partial charge in [0.05, 0.1) is 10.4 Å². The van der Waals surface area contributed by atoms with Gasteiger partial charge in [-0.3, -0.25) is 0 Å². The van der Waals surface area contributed by atoms with E-state index in [9.17, 15) is 0 Å². The molecule has 0 aliphatic rings. The largest absolute Gasteiger partial charge is 0.456 e. The van der Waals surface area contributed by atoms with Crippen molar-refractivity contribution in [3.8, 4) is 22.3 Å². The van der Waals surface area contributed by atoms with E-state index in [0.29, 0.717) is 0 Å². The van der Waals surface area contributed by atoms with Crippen molar-refractivity contribution in [1.29, 1.82) is 0 Å². The molecule has 0 N–H and O–H groups in total. The predicted octanol–water partition coefficient (Wildman–Crippen LogP) is 16.2. The summed E-state index contributed by atoms with van der Waals surface area (Å²) in [5.41, 5.74) is 9.98. The van der Waals surface area contributed by atoms with Crippen LogP contribution in [0.15, 0.2) is 205 Å². The summed E-state index contributed by atoms with van der Waals surface area (Å²) in [4.78, 5) is 2.43. The standard InChI is InChI=1S/C54H33NOS/c1-3-13-34(14-4-1)35-25-27-37(28-26-35)55(50-24-12-23-45-44-22-11-21-39(53(44)57-54(45)50)36-15-5-2-6-16-36)38-29-30-51-48(31-38)49-32-46-42-19-9-7-17-40(42)41-18-8-10-20-43(41)47(46)33-52(49)56-51/h1-33H. The van der Waals surface area contributed by atoms with Gasteiger partial charge in [0.2, 0.25) is 0 Å². The molecule has 2 nitrogen and oxygen atoms in total. The molecule has 3 heteroatoms.